The summed E-state index contributed by atoms with van der Waals surface area (Å²) in [6.07, 6.45) is -0.192. The van der Waals surface area contributed by atoms with Crippen molar-refractivity contribution in [2.45, 2.75) is 19.6 Å². The van der Waals surface area contributed by atoms with E-state index in [1.165, 1.54) is 11.6 Å². The highest BCUT2D eigenvalue weighted by Gasteiger charge is 2.08. The van der Waals surface area contributed by atoms with Crippen LogP contribution in [0.25, 0.3) is 0 Å². The Labute approximate surface area is 159 Å². The van der Waals surface area contributed by atoms with Crippen LogP contribution in [-0.4, -0.2) is 25.7 Å². The van der Waals surface area contributed by atoms with Crippen molar-refractivity contribution in [3.63, 3.8) is 0 Å². The SMILES string of the molecule is CN=C(NCc1ccccc1)NCC(C)Oc1ccccc1F.I. The van der Waals surface area contributed by atoms with E-state index in [2.05, 4.69) is 15.6 Å². The van der Waals surface area contributed by atoms with E-state index in [-0.39, 0.29) is 41.6 Å². The van der Waals surface area contributed by atoms with Crippen LogP contribution in [0.5, 0.6) is 5.75 Å². The maximum absolute atomic E-state index is 13.5. The van der Waals surface area contributed by atoms with E-state index in [1.807, 2.05) is 37.3 Å². The molecule has 0 aliphatic heterocycles. The minimum Gasteiger partial charge on any atom is -0.486 e. The van der Waals surface area contributed by atoms with E-state index in [0.717, 1.165) is 0 Å². The Balaban J connectivity index is 0.00000288. The molecule has 0 saturated heterocycles. The molecule has 2 aromatic rings. The van der Waals surface area contributed by atoms with Gasteiger partial charge in [0.25, 0.3) is 0 Å². The molecule has 0 fully saturated rings. The molecule has 0 aliphatic rings. The maximum atomic E-state index is 13.5. The van der Waals surface area contributed by atoms with E-state index in [9.17, 15) is 4.39 Å². The Morgan fingerprint density at radius 1 is 1.08 bits per heavy atom. The molecule has 0 bridgehead atoms. The molecule has 0 saturated carbocycles. The Morgan fingerprint density at radius 2 is 1.75 bits per heavy atom. The first-order valence-electron chi connectivity index (χ1n) is 7.58. The molecule has 2 aromatic carbocycles. The van der Waals surface area contributed by atoms with Crippen molar-refractivity contribution in [2.24, 2.45) is 4.99 Å². The first kappa shape index (κ1) is 20.2. The number of benzene rings is 2. The van der Waals surface area contributed by atoms with Gasteiger partial charge in [-0.3, -0.25) is 4.99 Å². The van der Waals surface area contributed by atoms with Gasteiger partial charge >= 0.3 is 0 Å². The van der Waals surface area contributed by atoms with Gasteiger partial charge in [0.05, 0.1) is 6.54 Å². The van der Waals surface area contributed by atoms with Crippen LogP contribution in [0.15, 0.2) is 59.6 Å². The van der Waals surface area contributed by atoms with E-state index in [1.54, 1.807) is 25.2 Å². The molecule has 1 atom stereocenters. The first-order chi connectivity index (χ1) is 11.2. The lowest BCUT2D eigenvalue weighted by atomic mass is 10.2. The lowest BCUT2D eigenvalue weighted by Crippen LogP contribution is -2.41. The van der Waals surface area contributed by atoms with Crippen LogP contribution in [-0.2, 0) is 6.54 Å². The minimum absolute atomic E-state index is 0. The lowest BCUT2D eigenvalue weighted by molar-refractivity contribution is 0.214. The second-order valence-electron chi connectivity index (χ2n) is 5.15. The van der Waals surface area contributed by atoms with Gasteiger partial charge < -0.3 is 15.4 Å². The van der Waals surface area contributed by atoms with E-state index in [4.69, 9.17) is 4.74 Å². The summed E-state index contributed by atoms with van der Waals surface area (Å²) in [6.45, 7) is 3.08. The quantitative estimate of drug-likeness (QED) is 0.408. The van der Waals surface area contributed by atoms with Gasteiger partial charge in [0, 0.05) is 13.6 Å². The predicted octanol–water partition coefficient (Wildman–Crippen LogP) is 3.58. The third kappa shape index (κ3) is 6.74. The summed E-state index contributed by atoms with van der Waals surface area (Å²) in [5, 5.41) is 6.40. The number of nitrogens with one attached hydrogen (secondary N) is 2. The average molecular weight is 443 g/mol. The third-order valence-corrected chi connectivity index (χ3v) is 3.25. The number of rotatable bonds is 6. The highest BCUT2D eigenvalue weighted by atomic mass is 127. The smallest absolute Gasteiger partial charge is 0.191 e. The molecule has 0 aliphatic carbocycles. The molecule has 4 nitrogen and oxygen atoms in total. The van der Waals surface area contributed by atoms with Crippen LogP contribution in [0.2, 0.25) is 0 Å². The number of aliphatic imine (C=N–C) groups is 1. The summed E-state index contributed by atoms with van der Waals surface area (Å²) >= 11 is 0. The van der Waals surface area contributed by atoms with Gasteiger partial charge in [0.1, 0.15) is 6.10 Å². The van der Waals surface area contributed by atoms with Gasteiger partial charge in [-0.1, -0.05) is 42.5 Å². The predicted molar refractivity (Wildman–Crippen MR) is 107 cm³/mol. The Kier molecular flexibility index (Phi) is 9.14. The number of hydrogen-bond donors (Lipinski definition) is 2. The summed E-state index contributed by atoms with van der Waals surface area (Å²) < 4.78 is 19.1. The zero-order valence-corrected chi connectivity index (χ0v) is 16.2. The second-order valence-corrected chi connectivity index (χ2v) is 5.15. The zero-order chi connectivity index (χ0) is 16.5. The van der Waals surface area contributed by atoms with Crippen molar-refractivity contribution in [3.8, 4) is 5.75 Å². The molecule has 0 spiro atoms. The van der Waals surface area contributed by atoms with E-state index in [0.29, 0.717) is 19.0 Å². The Bertz CT molecular complexity index is 637. The molecule has 0 radical (unpaired) electrons. The molecule has 2 N–H and O–H groups in total. The number of nitrogens with zero attached hydrogens (tertiary/aromatic N) is 1. The molecule has 24 heavy (non-hydrogen) atoms. The van der Waals surface area contributed by atoms with Crippen molar-refractivity contribution in [1.82, 2.24) is 10.6 Å². The van der Waals surface area contributed by atoms with Crippen LogP contribution in [0.3, 0.4) is 0 Å². The molecule has 6 heteroatoms. The van der Waals surface area contributed by atoms with Crippen LogP contribution in [0.1, 0.15) is 12.5 Å². The molecular formula is C18H23FIN3O. The van der Waals surface area contributed by atoms with E-state index >= 15 is 0 Å². The van der Waals surface area contributed by atoms with Crippen molar-refractivity contribution in [1.29, 1.82) is 0 Å². The number of guanidine groups is 1. The van der Waals surface area contributed by atoms with E-state index < -0.39 is 0 Å². The van der Waals surface area contributed by atoms with Crippen LogP contribution in [0, 0.1) is 5.82 Å². The zero-order valence-electron chi connectivity index (χ0n) is 13.8. The third-order valence-electron chi connectivity index (χ3n) is 3.25. The van der Waals surface area contributed by atoms with Crippen LogP contribution < -0.4 is 15.4 Å². The van der Waals surface area contributed by atoms with Gasteiger partial charge in [-0.2, -0.15) is 0 Å². The summed E-state index contributed by atoms with van der Waals surface area (Å²) in [5.41, 5.74) is 1.17. The van der Waals surface area contributed by atoms with Gasteiger partial charge in [-0.25, -0.2) is 4.39 Å². The lowest BCUT2D eigenvalue weighted by Gasteiger charge is -2.18. The summed E-state index contributed by atoms with van der Waals surface area (Å²) in [7, 11) is 1.71. The normalized spacial score (nSPS) is 12.0. The standard InChI is InChI=1S/C18H22FN3O.HI/c1-14(23-17-11-7-6-10-16(17)19)12-21-18(20-2)22-13-15-8-4-3-5-9-15;/h3-11,14H,12-13H2,1-2H3,(H2,20,21,22);1H. The second kappa shape index (κ2) is 10.9. The van der Waals surface area contributed by atoms with Crippen molar-refractivity contribution in [3.05, 3.63) is 66.0 Å². The van der Waals surface area contributed by atoms with Gasteiger partial charge in [-0.05, 0) is 24.6 Å². The topological polar surface area (TPSA) is 45.7 Å². The fourth-order valence-electron chi connectivity index (χ4n) is 2.04. The fraction of sp³-hybridized carbons (Fsp3) is 0.278. The van der Waals surface area contributed by atoms with Gasteiger partial charge in [-0.15, -0.1) is 24.0 Å². The highest BCUT2D eigenvalue weighted by molar-refractivity contribution is 14.0. The highest BCUT2D eigenvalue weighted by Crippen LogP contribution is 2.16. The molecule has 0 aromatic heterocycles. The molecule has 130 valence electrons. The summed E-state index contributed by atoms with van der Waals surface area (Å²) in [6, 6.07) is 16.5. The first-order valence-corrected chi connectivity index (χ1v) is 7.58. The van der Waals surface area contributed by atoms with Gasteiger partial charge in [0.2, 0.25) is 0 Å². The number of ether oxygens (including phenoxy) is 1. The molecule has 2 rings (SSSR count). The van der Waals surface area contributed by atoms with Crippen LogP contribution in [0.4, 0.5) is 4.39 Å². The monoisotopic (exact) mass is 443 g/mol. The van der Waals surface area contributed by atoms with Gasteiger partial charge in [0.15, 0.2) is 17.5 Å². The molecule has 1 unspecified atom stereocenters. The fourth-order valence-corrected chi connectivity index (χ4v) is 2.04. The molecular weight excluding hydrogens is 420 g/mol. The van der Waals surface area contributed by atoms with Crippen LogP contribution >= 0.6 is 24.0 Å². The summed E-state index contributed by atoms with van der Waals surface area (Å²) in [4.78, 5) is 4.16. The molecule has 0 amide bonds. The van der Waals surface area contributed by atoms with Crippen molar-refractivity contribution >= 4 is 29.9 Å². The number of hydrogen-bond acceptors (Lipinski definition) is 2. The number of halogens is 2. The largest absolute Gasteiger partial charge is 0.486 e. The van der Waals surface area contributed by atoms with Crippen molar-refractivity contribution < 1.29 is 9.13 Å². The molecule has 0 heterocycles. The Hall–Kier alpha value is -1.83. The maximum Gasteiger partial charge on any atom is 0.191 e. The average Bonchev–Trinajstić information content (AvgIpc) is 2.58. The number of para-hydroxylation sites is 1. The minimum atomic E-state index is -0.356. The Morgan fingerprint density at radius 3 is 2.42 bits per heavy atom. The van der Waals surface area contributed by atoms with Crippen molar-refractivity contribution in [2.75, 3.05) is 13.6 Å². The summed E-state index contributed by atoms with van der Waals surface area (Å²) in [5.74, 6) is 0.581.